The molecule has 0 spiro atoms. The summed E-state index contributed by atoms with van der Waals surface area (Å²) in [5, 5.41) is 12.8. The zero-order valence-electron chi connectivity index (χ0n) is 9.65. The number of nitrogens with two attached hydrogens (primary N) is 1. The lowest BCUT2D eigenvalue weighted by molar-refractivity contribution is -0.126. The number of azo groups is 1. The third kappa shape index (κ3) is 2.40. The fourth-order valence-corrected chi connectivity index (χ4v) is 1.60. The van der Waals surface area contributed by atoms with Crippen LogP contribution < -0.4 is 5.73 Å². The first-order valence-electron chi connectivity index (χ1n) is 5.24. The molecule has 7 heteroatoms. The van der Waals surface area contributed by atoms with Gasteiger partial charge in [-0.2, -0.15) is 20.3 Å². The van der Waals surface area contributed by atoms with Crippen molar-refractivity contribution in [1.29, 1.82) is 0 Å². The van der Waals surface area contributed by atoms with E-state index in [9.17, 15) is 4.79 Å². The Morgan fingerprint density at radius 1 is 1.44 bits per heavy atom. The number of thiocarbonyl (C=S) groups is 1. The Balaban J connectivity index is 2.17. The number of rotatable bonds is 2. The first-order valence-corrected chi connectivity index (χ1v) is 5.65. The van der Waals surface area contributed by atoms with E-state index in [1.54, 1.807) is 19.1 Å². The Morgan fingerprint density at radius 2 is 2.11 bits per heavy atom. The van der Waals surface area contributed by atoms with E-state index in [2.05, 4.69) is 15.3 Å². The fraction of sp³-hybridized carbons (Fsp3) is 0.182. The van der Waals surface area contributed by atoms with Crippen molar-refractivity contribution in [3.05, 3.63) is 30.3 Å². The van der Waals surface area contributed by atoms with Crippen molar-refractivity contribution < 1.29 is 4.79 Å². The first-order chi connectivity index (χ1) is 8.59. The van der Waals surface area contributed by atoms with Crippen LogP contribution in [0.3, 0.4) is 0 Å². The molecule has 0 unspecified atom stereocenters. The predicted molar refractivity (Wildman–Crippen MR) is 71.5 cm³/mol. The molecule has 6 nitrogen and oxygen atoms in total. The molecule has 1 heterocycles. The summed E-state index contributed by atoms with van der Waals surface area (Å²) in [5.41, 5.74) is 6.57. The molecule has 1 amide bonds. The summed E-state index contributed by atoms with van der Waals surface area (Å²) >= 11 is 4.72. The molecule has 1 aliphatic heterocycles. The second-order valence-electron chi connectivity index (χ2n) is 3.68. The Hall–Kier alpha value is -2.15. The highest BCUT2D eigenvalue weighted by Crippen LogP contribution is 2.16. The van der Waals surface area contributed by atoms with Crippen molar-refractivity contribution in [2.75, 3.05) is 0 Å². The molecule has 18 heavy (non-hydrogen) atoms. The largest absolute Gasteiger partial charge is 0.374 e. The summed E-state index contributed by atoms with van der Waals surface area (Å²) < 4.78 is 0. The lowest BCUT2D eigenvalue weighted by atomic mass is 10.2. The minimum atomic E-state index is -0.744. The fourth-order valence-electron chi connectivity index (χ4n) is 1.47. The zero-order chi connectivity index (χ0) is 13.1. The van der Waals surface area contributed by atoms with E-state index in [1.807, 2.05) is 18.2 Å². The summed E-state index contributed by atoms with van der Waals surface area (Å²) in [6.45, 7) is 1.69. The number of nitrogens with zero attached hydrogens (tertiary/aromatic N) is 4. The van der Waals surface area contributed by atoms with Crippen LogP contribution in [0.5, 0.6) is 0 Å². The van der Waals surface area contributed by atoms with E-state index < -0.39 is 6.04 Å². The third-order valence-corrected chi connectivity index (χ3v) is 2.52. The molecule has 1 atom stereocenters. The quantitative estimate of drug-likeness (QED) is 0.648. The van der Waals surface area contributed by atoms with E-state index in [-0.39, 0.29) is 11.0 Å². The smallest absolute Gasteiger partial charge is 0.282 e. The molecule has 1 aromatic rings. The van der Waals surface area contributed by atoms with E-state index >= 15 is 0 Å². The van der Waals surface area contributed by atoms with Crippen molar-refractivity contribution in [2.24, 2.45) is 21.1 Å². The Kier molecular flexibility index (Phi) is 3.42. The number of hydrogen-bond donors (Lipinski definition) is 1. The van der Waals surface area contributed by atoms with Gasteiger partial charge in [0.2, 0.25) is 0 Å². The number of benzene rings is 1. The van der Waals surface area contributed by atoms with Crippen LogP contribution in [-0.2, 0) is 4.79 Å². The van der Waals surface area contributed by atoms with Crippen molar-refractivity contribution >= 4 is 34.6 Å². The van der Waals surface area contributed by atoms with E-state index in [4.69, 9.17) is 18.0 Å². The minimum absolute atomic E-state index is 0.0863. The van der Waals surface area contributed by atoms with Gasteiger partial charge in [0.25, 0.3) is 5.91 Å². The average molecular weight is 261 g/mol. The SMILES string of the molecule is CC1=NN(C(N)=S)C(=O)[C@@H]1N=Nc1ccccc1. The maximum Gasteiger partial charge on any atom is 0.282 e. The molecule has 1 aliphatic rings. The summed E-state index contributed by atoms with van der Waals surface area (Å²) in [7, 11) is 0. The molecule has 2 N–H and O–H groups in total. The molecule has 0 aliphatic carbocycles. The highest BCUT2D eigenvalue weighted by atomic mass is 32.1. The topological polar surface area (TPSA) is 83.4 Å². The van der Waals surface area contributed by atoms with Gasteiger partial charge in [0.05, 0.1) is 11.4 Å². The van der Waals surface area contributed by atoms with Gasteiger partial charge in [-0.25, -0.2) is 0 Å². The van der Waals surface area contributed by atoms with Crippen LogP contribution in [0.25, 0.3) is 0 Å². The van der Waals surface area contributed by atoms with Gasteiger partial charge in [0.15, 0.2) is 11.2 Å². The molecule has 0 aromatic heterocycles. The van der Waals surface area contributed by atoms with Crippen LogP contribution in [0.4, 0.5) is 5.69 Å². The summed E-state index contributed by atoms with van der Waals surface area (Å²) in [6.07, 6.45) is 0. The van der Waals surface area contributed by atoms with E-state index in [1.165, 1.54) is 0 Å². The average Bonchev–Trinajstić information content (AvgIpc) is 2.64. The van der Waals surface area contributed by atoms with Crippen LogP contribution in [0.1, 0.15) is 6.92 Å². The van der Waals surface area contributed by atoms with E-state index in [0.29, 0.717) is 11.4 Å². The molecule has 2 rings (SSSR count). The first kappa shape index (κ1) is 12.3. The molecular weight excluding hydrogens is 250 g/mol. The maximum absolute atomic E-state index is 11.9. The number of amides is 1. The number of hydrogen-bond acceptors (Lipinski definition) is 5. The highest BCUT2D eigenvalue weighted by molar-refractivity contribution is 7.80. The maximum atomic E-state index is 11.9. The number of carbonyl (C=O) groups excluding carboxylic acids is 1. The Morgan fingerprint density at radius 3 is 2.67 bits per heavy atom. The standard InChI is InChI=1S/C11H11N5OS/c1-7-9(10(17)16(15-7)11(12)18)14-13-8-5-3-2-4-6-8/h2-6,9H,1H3,(H2,12,18)/t9-/m1/s1. The van der Waals surface area contributed by atoms with Gasteiger partial charge in [-0.05, 0) is 31.3 Å². The summed E-state index contributed by atoms with van der Waals surface area (Å²) in [6, 6.07) is 8.40. The van der Waals surface area contributed by atoms with Gasteiger partial charge in [0.1, 0.15) is 0 Å². The molecule has 0 saturated carbocycles. The van der Waals surface area contributed by atoms with Crippen LogP contribution in [0.15, 0.2) is 45.7 Å². The molecule has 0 radical (unpaired) electrons. The van der Waals surface area contributed by atoms with Gasteiger partial charge in [-0.3, -0.25) is 4.79 Å². The van der Waals surface area contributed by atoms with Crippen molar-refractivity contribution in [3.8, 4) is 0 Å². The van der Waals surface area contributed by atoms with Crippen LogP contribution in [0.2, 0.25) is 0 Å². The van der Waals surface area contributed by atoms with Crippen molar-refractivity contribution in [3.63, 3.8) is 0 Å². The Bertz CT molecular complexity index is 540. The second kappa shape index (κ2) is 5.01. The van der Waals surface area contributed by atoms with Gasteiger partial charge >= 0.3 is 0 Å². The van der Waals surface area contributed by atoms with Crippen LogP contribution in [-0.4, -0.2) is 27.8 Å². The van der Waals surface area contributed by atoms with Crippen LogP contribution >= 0.6 is 12.2 Å². The summed E-state index contributed by atoms with van der Waals surface area (Å²) in [5.74, 6) is -0.375. The molecule has 92 valence electrons. The van der Waals surface area contributed by atoms with Gasteiger partial charge < -0.3 is 5.73 Å². The van der Waals surface area contributed by atoms with Crippen molar-refractivity contribution in [1.82, 2.24) is 5.01 Å². The lowest BCUT2D eigenvalue weighted by Gasteiger charge is -2.08. The van der Waals surface area contributed by atoms with Gasteiger partial charge in [-0.1, -0.05) is 18.2 Å². The molecule has 0 saturated heterocycles. The third-order valence-electron chi connectivity index (χ3n) is 2.35. The minimum Gasteiger partial charge on any atom is -0.374 e. The van der Waals surface area contributed by atoms with Crippen LogP contribution in [0, 0.1) is 0 Å². The Labute approximate surface area is 109 Å². The zero-order valence-corrected chi connectivity index (χ0v) is 10.5. The van der Waals surface area contributed by atoms with Gasteiger partial charge in [0, 0.05) is 0 Å². The predicted octanol–water partition coefficient (Wildman–Crippen LogP) is 1.60. The molecule has 0 fully saturated rings. The molecular formula is C11H11N5OS. The number of carbonyl (C=O) groups is 1. The monoisotopic (exact) mass is 261 g/mol. The number of hydrazone groups is 1. The summed E-state index contributed by atoms with van der Waals surface area (Å²) in [4.78, 5) is 11.9. The molecule has 1 aromatic carbocycles. The lowest BCUT2D eigenvalue weighted by Crippen LogP contribution is -2.37. The highest BCUT2D eigenvalue weighted by Gasteiger charge is 2.35. The van der Waals surface area contributed by atoms with E-state index in [0.717, 1.165) is 5.01 Å². The van der Waals surface area contributed by atoms with Gasteiger partial charge in [-0.15, -0.1) is 0 Å². The normalized spacial score (nSPS) is 19.4. The molecule has 0 bridgehead atoms. The second-order valence-corrected chi connectivity index (χ2v) is 4.10. The van der Waals surface area contributed by atoms with Crippen molar-refractivity contribution in [2.45, 2.75) is 13.0 Å².